The average molecular weight is 240 g/mol. The smallest absolute Gasteiger partial charge is 0.223 e. The third-order valence-corrected chi connectivity index (χ3v) is 3.45. The summed E-state index contributed by atoms with van der Waals surface area (Å²) in [6.45, 7) is 3.61. The van der Waals surface area contributed by atoms with Crippen LogP contribution in [0.3, 0.4) is 0 Å². The molecule has 4 heteroatoms. The first-order chi connectivity index (χ1) is 8.36. The third kappa shape index (κ3) is 5.04. The van der Waals surface area contributed by atoms with Crippen LogP contribution in [0, 0.1) is 5.92 Å². The lowest BCUT2D eigenvalue weighted by atomic mass is 10.1. The molecule has 1 unspecified atom stereocenters. The van der Waals surface area contributed by atoms with Gasteiger partial charge in [-0.25, -0.2) is 0 Å². The molecule has 1 saturated heterocycles. The largest absolute Gasteiger partial charge is 0.378 e. The highest BCUT2D eigenvalue weighted by atomic mass is 16.5. The molecule has 1 aliphatic carbocycles. The van der Waals surface area contributed by atoms with Gasteiger partial charge >= 0.3 is 0 Å². The Balaban J connectivity index is 1.34. The van der Waals surface area contributed by atoms with E-state index >= 15 is 0 Å². The van der Waals surface area contributed by atoms with Crippen LogP contribution in [0.4, 0.5) is 0 Å². The zero-order valence-corrected chi connectivity index (χ0v) is 10.5. The lowest BCUT2D eigenvalue weighted by Crippen LogP contribution is -2.33. The van der Waals surface area contributed by atoms with Gasteiger partial charge in [-0.2, -0.15) is 0 Å². The number of ether oxygens (including phenoxy) is 1. The van der Waals surface area contributed by atoms with Crippen molar-refractivity contribution in [2.24, 2.45) is 5.92 Å². The molecule has 0 aromatic rings. The second-order valence-electron chi connectivity index (χ2n) is 5.09. The highest BCUT2D eigenvalue weighted by Crippen LogP contribution is 2.28. The maximum absolute atomic E-state index is 11.3. The van der Waals surface area contributed by atoms with Crippen LogP contribution in [0.5, 0.6) is 0 Å². The van der Waals surface area contributed by atoms with Crippen LogP contribution in [0.25, 0.3) is 0 Å². The summed E-state index contributed by atoms with van der Waals surface area (Å²) in [5, 5.41) is 6.30. The molecule has 98 valence electrons. The summed E-state index contributed by atoms with van der Waals surface area (Å²) < 4.78 is 5.56. The van der Waals surface area contributed by atoms with E-state index in [2.05, 4.69) is 10.6 Å². The summed E-state index contributed by atoms with van der Waals surface area (Å²) >= 11 is 0. The van der Waals surface area contributed by atoms with E-state index in [9.17, 15) is 4.79 Å². The van der Waals surface area contributed by atoms with Gasteiger partial charge in [-0.3, -0.25) is 4.79 Å². The zero-order chi connectivity index (χ0) is 11.9. The molecule has 0 spiro atoms. The Morgan fingerprint density at radius 3 is 2.76 bits per heavy atom. The Morgan fingerprint density at radius 2 is 2.06 bits per heavy atom. The number of carbonyl (C=O) groups is 1. The molecular formula is C13H24N2O2. The monoisotopic (exact) mass is 240 g/mol. The van der Waals surface area contributed by atoms with Crippen LogP contribution in [0.2, 0.25) is 0 Å². The zero-order valence-electron chi connectivity index (χ0n) is 10.5. The Bertz CT molecular complexity index is 236. The number of carbonyl (C=O) groups excluding carboxylic acids is 1. The molecular weight excluding hydrogens is 216 g/mol. The van der Waals surface area contributed by atoms with Crippen molar-refractivity contribution < 1.29 is 9.53 Å². The summed E-state index contributed by atoms with van der Waals surface area (Å²) in [6.07, 6.45) is 7.47. The summed E-state index contributed by atoms with van der Waals surface area (Å²) in [5.41, 5.74) is 0. The first-order valence-electron chi connectivity index (χ1n) is 6.96. The van der Waals surface area contributed by atoms with Crippen molar-refractivity contribution in [3.8, 4) is 0 Å². The standard InChI is InChI=1S/C13H24N2O2/c16-13(11-5-6-11)15-9-8-14-7-1-3-12-4-2-10-17-12/h11-12,14H,1-10H2,(H,15,16). The molecule has 1 heterocycles. The van der Waals surface area contributed by atoms with E-state index in [-0.39, 0.29) is 5.91 Å². The van der Waals surface area contributed by atoms with Gasteiger partial charge in [0.1, 0.15) is 0 Å². The lowest BCUT2D eigenvalue weighted by Gasteiger charge is -2.09. The highest BCUT2D eigenvalue weighted by Gasteiger charge is 2.28. The molecule has 17 heavy (non-hydrogen) atoms. The first-order valence-corrected chi connectivity index (χ1v) is 6.96. The molecule has 0 bridgehead atoms. The summed E-state index contributed by atoms with van der Waals surface area (Å²) in [7, 11) is 0. The van der Waals surface area contributed by atoms with Crippen LogP contribution in [-0.4, -0.2) is 38.3 Å². The fraction of sp³-hybridized carbons (Fsp3) is 0.923. The van der Waals surface area contributed by atoms with Crippen molar-refractivity contribution >= 4 is 5.91 Å². The topological polar surface area (TPSA) is 50.4 Å². The van der Waals surface area contributed by atoms with Gasteiger partial charge in [-0.1, -0.05) is 0 Å². The van der Waals surface area contributed by atoms with E-state index in [0.29, 0.717) is 12.0 Å². The maximum Gasteiger partial charge on any atom is 0.223 e. The highest BCUT2D eigenvalue weighted by molar-refractivity contribution is 5.80. The number of rotatable bonds is 8. The van der Waals surface area contributed by atoms with E-state index in [1.54, 1.807) is 0 Å². The van der Waals surface area contributed by atoms with Gasteiger partial charge in [0.2, 0.25) is 5.91 Å². The van der Waals surface area contributed by atoms with E-state index in [4.69, 9.17) is 4.74 Å². The number of hydrogen-bond acceptors (Lipinski definition) is 3. The summed E-state index contributed by atoms with van der Waals surface area (Å²) in [6, 6.07) is 0. The Labute approximate surface area is 103 Å². The molecule has 2 N–H and O–H groups in total. The van der Waals surface area contributed by atoms with Crippen LogP contribution < -0.4 is 10.6 Å². The minimum atomic E-state index is 0.242. The van der Waals surface area contributed by atoms with Gasteiger partial charge in [-0.15, -0.1) is 0 Å². The fourth-order valence-corrected chi connectivity index (χ4v) is 2.22. The molecule has 1 atom stereocenters. The number of nitrogens with one attached hydrogen (secondary N) is 2. The molecule has 2 aliphatic rings. The van der Waals surface area contributed by atoms with Crippen molar-refractivity contribution in [3.05, 3.63) is 0 Å². The Hall–Kier alpha value is -0.610. The van der Waals surface area contributed by atoms with Crippen LogP contribution in [0.1, 0.15) is 38.5 Å². The average Bonchev–Trinajstić information content (AvgIpc) is 3.06. The van der Waals surface area contributed by atoms with E-state index < -0.39 is 0 Å². The van der Waals surface area contributed by atoms with E-state index in [0.717, 1.165) is 39.1 Å². The summed E-state index contributed by atoms with van der Waals surface area (Å²) in [5.74, 6) is 0.570. The fourth-order valence-electron chi connectivity index (χ4n) is 2.22. The van der Waals surface area contributed by atoms with Gasteiger partial charge in [0.15, 0.2) is 0 Å². The second kappa shape index (κ2) is 6.97. The molecule has 1 amide bonds. The normalized spacial score (nSPS) is 23.9. The second-order valence-corrected chi connectivity index (χ2v) is 5.09. The van der Waals surface area contributed by atoms with Gasteiger partial charge in [0, 0.05) is 25.6 Å². The SMILES string of the molecule is O=C(NCCNCCCC1CCCO1)C1CC1. The predicted octanol–water partition coefficient (Wildman–Crippen LogP) is 1.06. The predicted molar refractivity (Wildman–Crippen MR) is 66.8 cm³/mol. The van der Waals surface area contributed by atoms with E-state index in [1.807, 2.05) is 0 Å². The first kappa shape index (κ1) is 12.8. The number of amides is 1. The lowest BCUT2D eigenvalue weighted by molar-refractivity contribution is -0.122. The van der Waals surface area contributed by atoms with Gasteiger partial charge in [-0.05, 0) is 45.1 Å². The molecule has 0 aromatic heterocycles. The minimum absolute atomic E-state index is 0.242. The molecule has 2 fully saturated rings. The maximum atomic E-state index is 11.3. The van der Waals surface area contributed by atoms with Crippen molar-refractivity contribution in [3.63, 3.8) is 0 Å². The van der Waals surface area contributed by atoms with Crippen LogP contribution in [0.15, 0.2) is 0 Å². The van der Waals surface area contributed by atoms with Gasteiger partial charge in [0.05, 0.1) is 6.10 Å². The summed E-state index contributed by atoms with van der Waals surface area (Å²) in [4.78, 5) is 11.3. The molecule has 4 nitrogen and oxygen atoms in total. The molecule has 0 aromatic carbocycles. The van der Waals surface area contributed by atoms with Gasteiger partial charge < -0.3 is 15.4 Å². The molecule has 0 radical (unpaired) electrons. The van der Waals surface area contributed by atoms with Crippen LogP contribution in [-0.2, 0) is 9.53 Å². The van der Waals surface area contributed by atoms with Crippen molar-refractivity contribution in [2.75, 3.05) is 26.2 Å². The Morgan fingerprint density at radius 1 is 1.18 bits per heavy atom. The minimum Gasteiger partial charge on any atom is -0.378 e. The molecule has 2 rings (SSSR count). The van der Waals surface area contributed by atoms with Crippen LogP contribution >= 0.6 is 0 Å². The quantitative estimate of drug-likeness (QED) is 0.624. The van der Waals surface area contributed by atoms with Gasteiger partial charge in [0.25, 0.3) is 0 Å². The Kier molecular flexibility index (Phi) is 5.26. The van der Waals surface area contributed by atoms with Crippen molar-refractivity contribution in [1.82, 2.24) is 10.6 Å². The van der Waals surface area contributed by atoms with Crippen molar-refractivity contribution in [1.29, 1.82) is 0 Å². The molecule has 1 saturated carbocycles. The molecule has 1 aliphatic heterocycles. The van der Waals surface area contributed by atoms with E-state index in [1.165, 1.54) is 25.7 Å². The number of hydrogen-bond donors (Lipinski definition) is 2. The van der Waals surface area contributed by atoms with Crippen molar-refractivity contribution in [2.45, 2.75) is 44.6 Å². The third-order valence-electron chi connectivity index (χ3n) is 3.45.